The lowest BCUT2D eigenvalue weighted by molar-refractivity contribution is -0.143. The van der Waals surface area contributed by atoms with E-state index in [1.54, 1.807) is 17.0 Å². The largest absolute Gasteiger partial charge is 0.494 e. The number of carbonyl (C=O) groups is 2. The first-order valence-electron chi connectivity index (χ1n) is 14.6. The number of rotatable bonds is 11. The molecule has 0 aromatic heterocycles. The lowest BCUT2D eigenvalue weighted by Crippen LogP contribution is -2.35. The SMILES string of the molecule is CCCOc1ccc([C@H]2C(C(=O)O)[C@@H](c3cc(F)c4c(c3)OCO4)CN2CC(=O)Nc2c(CC)cccc2CC)c(F)c1. The van der Waals surface area contributed by atoms with Crippen molar-refractivity contribution in [3.63, 3.8) is 0 Å². The molecule has 8 nitrogen and oxygen atoms in total. The maximum absolute atomic E-state index is 15.7. The van der Waals surface area contributed by atoms with Crippen molar-refractivity contribution >= 4 is 17.6 Å². The van der Waals surface area contributed by atoms with Gasteiger partial charge in [0.2, 0.25) is 18.4 Å². The number of hydrogen-bond donors (Lipinski definition) is 2. The fourth-order valence-corrected chi connectivity index (χ4v) is 6.13. The third-order valence-corrected chi connectivity index (χ3v) is 8.13. The number of aliphatic carboxylic acids is 1. The standard InChI is InChI=1S/C33H36F2N2O6/c1-4-12-41-22-10-11-23(25(34)15-22)31-29(33(39)40)24(21-13-26(35)32-27(14-21)42-18-43-32)16-37(31)17-28(38)36-30-19(5-2)8-7-9-20(30)6-3/h7-11,13-15,24,29,31H,4-6,12,16-18H2,1-3H3,(H,36,38)(H,39,40)/t24-,29?,31+/m1/s1. The highest BCUT2D eigenvalue weighted by atomic mass is 19.1. The summed E-state index contributed by atoms with van der Waals surface area (Å²) in [5, 5.41) is 13.5. The van der Waals surface area contributed by atoms with Crippen LogP contribution in [-0.2, 0) is 22.4 Å². The van der Waals surface area contributed by atoms with Crippen LogP contribution in [-0.4, -0.2) is 48.4 Å². The summed E-state index contributed by atoms with van der Waals surface area (Å²) in [6.07, 6.45) is 2.17. The van der Waals surface area contributed by atoms with Gasteiger partial charge in [-0.25, -0.2) is 8.78 Å². The molecule has 0 spiro atoms. The maximum Gasteiger partial charge on any atom is 0.309 e. The second-order valence-corrected chi connectivity index (χ2v) is 10.8. The molecule has 1 unspecified atom stereocenters. The molecule has 3 atom stereocenters. The van der Waals surface area contributed by atoms with E-state index in [-0.39, 0.29) is 42.9 Å². The Morgan fingerprint density at radius 3 is 2.42 bits per heavy atom. The number of nitrogens with zero attached hydrogens (tertiary/aromatic N) is 1. The third kappa shape index (κ3) is 6.15. The molecule has 1 fully saturated rings. The van der Waals surface area contributed by atoms with Crippen LogP contribution in [0.1, 0.15) is 61.4 Å². The molecule has 2 N–H and O–H groups in total. The number of carboxylic acid groups (broad SMARTS) is 1. The molecule has 5 rings (SSSR count). The Morgan fingerprint density at radius 2 is 1.77 bits per heavy atom. The number of halogens is 2. The lowest BCUT2D eigenvalue weighted by atomic mass is 9.82. The van der Waals surface area contributed by atoms with Gasteiger partial charge in [0.05, 0.1) is 25.1 Å². The summed E-state index contributed by atoms with van der Waals surface area (Å²) in [5.74, 6) is -4.35. The zero-order chi connectivity index (χ0) is 30.7. The number of para-hydroxylation sites is 1. The highest BCUT2D eigenvalue weighted by molar-refractivity contribution is 5.94. The van der Waals surface area contributed by atoms with Gasteiger partial charge in [0.15, 0.2) is 11.6 Å². The molecule has 2 aliphatic rings. The lowest BCUT2D eigenvalue weighted by Gasteiger charge is -2.27. The first kappa shape index (κ1) is 30.3. The van der Waals surface area contributed by atoms with Crippen molar-refractivity contribution in [2.45, 2.75) is 52.0 Å². The van der Waals surface area contributed by atoms with Gasteiger partial charge in [-0.15, -0.1) is 0 Å². The third-order valence-electron chi connectivity index (χ3n) is 8.13. The van der Waals surface area contributed by atoms with Crippen LogP contribution >= 0.6 is 0 Å². The van der Waals surface area contributed by atoms with Gasteiger partial charge in [0.1, 0.15) is 11.6 Å². The van der Waals surface area contributed by atoms with Crippen LogP contribution in [0.3, 0.4) is 0 Å². The van der Waals surface area contributed by atoms with Gasteiger partial charge in [-0.3, -0.25) is 14.5 Å². The summed E-state index contributed by atoms with van der Waals surface area (Å²) in [6.45, 7) is 6.07. The quantitative estimate of drug-likeness (QED) is 0.277. The fraction of sp³-hybridized carbons (Fsp3) is 0.394. The Bertz CT molecular complexity index is 1490. The van der Waals surface area contributed by atoms with Crippen molar-refractivity contribution < 1.29 is 37.7 Å². The van der Waals surface area contributed by atoms with E-state index in [1.165, 1.54) is 18.2 Å². The molecular formula is C33H36F2N2O6. The summed E-state index contributed by atoms with van der Waals surface area (Å²) in [4.78, 5) is 28.1. The molecule has 2 heterocycles. The van der Waals surface area contributed by atoms with E-state index in [4.69, 9.17) is 14.2 Å². The van der Waals surface area contributed by atoms with Gasteiger partial charge in [0, 0.05) is 29.8 Å². The van der Waals surface area contributed by atoms with Crippen molar-refractivity contribution in [1.29, 1.82) is 0 Å². The van der Waals surface area contributed by atoms with Crippen LogP contribution in [0.5, 0.6) is 17.2 Å². The predicted molar refractivity (Wildman–Crippen MR) is 157 cm³/mol. The summed E-state index contributed by atoms with van der Waals surface area (Å²) in [6, 6.07) is 12.0. The number of carbonyl (C=O) groups excluding carboxylic acids is 1. The van der Waals surface area contributed by atoms with Crippen LogP contribution in [0.2, 0.25) is 0 Å². The number of aryl methyl sites for hydroxylation is 2. The van der Waals surface area contributed by atoms with Crippen molar-refractivity contribution in [2.75, 3.05) is 31.8 Å². The number of hydrogen-bond acceptors (Lipinski definition) is 6. The molecule has 3 aromatic carbocycles. The molecule has 0 bridgehead atoms. The molecule has 2 aliphatic heterocycles. The molecule has 0 saturated carbocycles. The van der Waals surface area contributed by atoms with Gasteiger partial charge in [-0.05, 0) is 54.2 Å². The number of carboxylic acids is 1. The van der Waals surface area contributed by atoms with Crippen LogP contribution < -0.4 is 19.5 Å². The van der Waals surface area contributed by atoms with Crippen molar-refractivity contribution in [3.8, 4) is 17.2 Å². The zero-order valence-electron chi connectivity index (χ0n) is 24.5. The van der Waals surface area contributed by atoms with E-state index in [0.717, 1.165) is 23.2 Å². The van der Waals surface area contributed by atoms with E-state index in [2.05, 4.69) is 5.32 Å². The van der Waals surface area contributed by atoms with Crippen LogP contribution in [0.4, 0.5) is 14.5 Å². The minimum absolute atomic E-state index is 0.0311. The highest BCUT2D eigenvalue weighted by Gasteiger charge is 2.49. The number of ether oxygens (including phenoxy) is 3. The number of anilines is 1. The van der Waals surface area contributed by atoms with Crippen molar-refractivity contribution in [2.24, 2.45) is 5.92 Å². The Kier molecular flexibility index (Phi) is 9.15. The van der Waals surface area contributed by atoms with Gasteiger partial charge >= 0.3 is 5.97 Å². The predicted octanol–water partition coefficient (Wildman–Crippen LogP) is 6.09. The minimum atomic E-state index is -1.20. The molecule has 1 saturated heterocycles. The highest BCUT2D eigenvalue weighted by Crippen LogP contribution is 2.49. The Hall–Kier alpha value is -4.18. The molecule has 10 heteroatoms. The number of amides is 1. The smallest absolute Gasteiger partial charge is 0.309 e. The van der Waals surface area contributed by atoms with E-state index in [1.807, 2.05) is 39.0 Å². The van der Waals surface area contributed by atoms with Crippen molar-refractivity contribution in [3.05, 3.63) is 82.4 Å². The average molecular weight is 595 g/mol. The van der Waals surface area contributed by atoms with Crippen LogP contribution in [0.25, 0.3) is 0 Å². The fourth-order valence-electron chi connectivity index (χ4n) is 6.13. The van der Waals surface area contributed by atoms with Gasteiger partial charge in [-0.2, -0.15) is 0 Å². The number of nitrogens with one attached hydrogen (secondary N) is 1. The molecule has 1 amide bonds. The zero-order valence-corrected chi connectivity index (χ0v) is 24.5. The minimum Gasteiger partial charge on any atom is -0.494 e. The molecule has 228 valence electrons. The molecular weight excluding hydrogens is 558 g/mol. The number of likely N-dealkylation sites (tertiary alicyclic amines) is 1. The first-order valence-corrected chi connectivity index (χ1v) is 14.6. The summed E-state index contributed by atoms with van der Waals surface area (Å²) < 4.78 is 46.8. The molecule has 43 heavy (non-hydrogen) atoms. The molecule has 0 radical (unpaired) electrons. The second kappa shape index (κ2) is 13.0. The Balaban J connectivity index is 1.53. The number of benzene rings is 3. The number of fused-ring (bicyclic) bond motifs is 1. The van der Waals surface area contributed by atoms with Crippen molar-refractivity contribution in [1.82, 2.24) is 4.90 Å². The topological polar surface area (TPSA) is 97.3 Å². The first-order chi connectivity index (χ1) is 20.7. The molecule has 3 aromatic rings. The average Bonchev–Trinajstić information content (AvgIpc) is 3.61. The van der Waals surface area contributed by atoms with Gasteiger partial charge < -0.3 is 24.6 Å². The normalized spacial score (nSPS) is 19.4. The summed E-state index contributed by atoms with van der Waals surface area (Å²) in [5.41, 5.74) is 3.19. The van der Waals surface area contributed by atoms with E-state index < -0.39 is 35.5 Å². The van der Waals surface area contributed by atoms with Crippen LogP contribution in [0, 0.1) is 17.6 Å². The van der Waals surface area contributed by atoms with E-state index in [9.17, 15) is 19.1 Å². The summed E-state index contributed by atoms with van der Waals surface area (Å²) >= 11 is 0. The van der Waals surface area contributed by atoms with E-state index >= 15 is 4.39 Å². The Morgan fingerprint density at radius 1 is 1.02 bits per heavy atom. The van der Waals surface area contributed by atoms with E-state index in [0.29, 0.717) is 30.8 Å². The molecule has 0 aliphatic carbocycles. The monoisotopic (exact) mass is 594 g/mol. The maximum atomic E-state index is 15.7. The van der Waals surface area contributed by atoms with Crippen LogP contribution in [0.15, 0.2) is 48.5 Å². The van der Waals surface area contributed by atoms with Gasteiger partial charge in [0.25, 0.3) is 0 Å². The van der Waals surface area contributed by atoms with Gasteiger partial charge in [-0.1, -0.05) is 45.0 Å². The summed E-state index contributed by atoms with van der Waals surface area (Å²) in [7, 11) is 0. The Labute approximate surface area is 249 Å². The second-order valence-electron chi connectivity index (χ2n) is 10.8.